The molecule has 4 nitrogen and oxygen atoms in total. The molecule has 13 heavy (non-hydrogen) atoms. The lowest BCUT2D eigenvalue weighted by molar-refractivity contribution is 0.149. The summed E-state index contributed by atoms with van der Waals surface area (Å²) in [5.41, 5.74) is 6.08. The minimum absolute atomic E-state index is 0.0162. The monoisotopic (exact) mass is 185 g/mol. The van der Waals surface area contributed by atoms with E-state index >= 15 is 0 Å². The molecule has 0 bridgehead atoms. The van der Waals surface area contributed by atoms with Crippen LogP contribution in [0, 0.1) is 0 Å². The minimum atomic E-state index is -0.247. The molecule has 1 heterocycles. The number of aliphatic hydroxyl groups excluding tert-OH is 1. The maximum Gasteiger partial charge on any atom is 0.0829 e. The van der Waals surface area contributed by atoms with Crippen LogP contribution in [0.1, 0.15) is 19.3 Å². The number of nitrogens with one attached hydrogen (secondary N) is 2. The van der Waals surface area contributed by atoms with Crippen LogP contribution in [0.4, 0.5) is 0 Å². The van der Waals surface area contributed by atoms with Crippen LogP contribution in [0.3, 0.4) is 0 Å². The van der Waals surface area contributed by atoms with Crippen LogP contribution in [0.15, 0.2) is 0 Å². The second kappa shape index (κ2) is 3.53. The van der Waals surface area contributed by atoms with E-state index in [0.29, 0.717) is 6.54 Å². The molecule has 0 aromatic carbocycles. The first-order valence-electron chi connectivity index (χ1n) is 5.11. The molecule has 5 N–H and O–H groups in total. The first-order valence-corrected chi connectivity index (χ1v) is 5.11. The topological polar surface area (TPSA) is 70.3 Å². The lowest BCUT2D eigenvalue weighted by Crippen LogP contribution is -2.57. The van der Waals surface area contributed by atoms with E-state index in [0.717, 1.165) is 25.9 Å². The summed E-state index contributed by atoms with van der Waals surface area (Å²) in [7, 11) is 0. The third-order valence-electron chi connectivity index (χ3n) is 3.25. The SMILES string of the molecule is NC1(CN[C@@H]2CNC[C@H]2O)CCC1. The molecule has 1 saturated carbocycles. The van der Waals surface area contributed by atoms with Gasteiger partial charge in [0.2, 0.25) is 0 Å². The highest BCUT2D eigenvalue weighted by molar-refractivity contribution is 4.97. The smallest absolute Gasteiger partial charge is 0.0829 e. The molecule has 0 spiro atoms. The van der Waals surface area contributed by atoms with Crippen molar-refractivity contribution in [2.45, 2.75) is 36.9 Å². The number of hydrogen-bond donors (Lipinski definition) is 4. The molecule has 0 unspecified atom stereocenters. The Hall–Kier alpha value is -0.160. The van der Waals surface area contributed by atoms with Crippen molar-refractivity contribution in [1.29, 1.82) is 0 Å². The van der Waals surface area contributed by atoms with Gasteiger partial charge < -0.3 is 21.5 Å². The summed E-state index contributed by atoms with van der Waals surface area (Å²) in [6, 6.07) is 0.195. The quantitative estimate of drug-likeness (QED) is 0.445. The maximum absolute atomic E-state index is 9.51. The predicted molar refractivity (Wildman–Crippen MR) is 51.4 cm³/mol. The van der Waals surface area contributed by atoms with Crippen molar-refractivity contribution in [3.63, 3.8) is 0 Å². The van der Waals surface area contributed by atoms with E-state index in [2.05, 4.69) is 10.6 Å². The lowest BCUT2D eigenvalue weighted by Gasteiger charge is -2.39. The molecule has 0 amide bonds. The molecule has 1 aliphatic carbocycles. The van der Waals surface area contributed by atoms with Crippen LogP contribution in [0.5, 0.6) is 0 Å². The van der Waals surface area contributed by atoms with E-state index in [1.807, 2.05) is 0 Å². The van der Waals surface area contributed by atoms with Crippen LogP contribution in [0.2, 0.25) is 0 Å². The highest BCUT2D eigenvalue weighted by Gasteiger charge is 2.34. The highest BCUT2D eigenvalue weighted by atomic mass is 16.3. The molecular formula is C9H19N3O. The zero-order chi connectivity index (χ0) is 9.31. The molecular weight excluding hydrogens is 166 g/mol. The van der Waals surface area contributed by atoms with Crippen molar-refractivity contribution in [2.75, 3.05) is 19.6 Å². The Balaban J connectivity index is 1.72. The second-order valence-corrected chi connectivity index (χ2v) is 4.43. The fourth-order valence-electron chi connectivity index (χ4n) is 2.02. The molecule has 2 rings (SSSR count). The molecule has 76 valence electrons. The Morgan fingerprint density at radius 2 is 2.23 bits per heavy atom. The van der Waals surface area contributed by atoms with Gasteiger partial charge in [-0.05, 0) is 19.3 Å². The first-order chi connectivity index (χ1) is 6.20. The Bertz CT molecular complexity index is 182. The van der Waals surface area contributed by atoms with Gasteiger partial charge in [-0.15, -0.1) is 0 Å². The zero-order valence-electron chi connectivity index (χ0n) is 7.92. The fourth-order valence-corrected chi connectivity index (χ4v) is 2.02. The summed E-state index contributed by atoms with van der Waals surface area (Å²) >= 11 is 0. The van der Waals surface area contributed by atoms with E-state index in [9.17, 15) is 5.11 Å². The lowest BCUT2D eigenvalue weighted by atomic mass is 9.77. The van der Waals surface area contributed by atoms with Gasteiger partial charge in [0.15, 0.2) is 0 Å². The molecule has 0 aromatic heterocycles. The number of β-amino-alcohol motifs (C(OH)–C–C–N with tert-alkyl or cyclic N) is 1. The van der Waals surface area contributed by atoms with Crippen LogP contribution in [-0.4, -0.2) is 42.4 Å². The van der Waals surface area contributed by atoms with Gasteiger partial charge in [-0.3, -0.25) is 0 Å². The van der Waals surface area contributed by atoms with Gasteiger partial charge in [-0.2, -0.15) is 0 Å². The Kier molecular flexibility index (Phi) is 2.55. The summed E-state index contributed by atoms with van der Waals surface area (Å²) in [6.07, 6.45) is 3.25. The Labute approximate surface area is 78.9 Å². The van der Waals surface area contributed by atoms with Gasteiger partial charge in [0.1, 0.15) is 0 Å². The highest BCUT2D eigenvalue weighted by Crippen LogP contribution is 2.28. The second-order valence-electron chi connectivity index (χ2n) is 4.43. The molecule has 2 fully saturated rings. The predicted octanol–water partition coefficient (Wildman–Crippen LogP) is -1.21. The van der Waals surface area contributed by atoms with Gasteiger partial charge in [-0.25, -0.2) is 0 Å². The Morgan fingerprint density at radius 3 is 2.69 bits per heavy atom. The van der Waals surface area contributed by atoms with Crippen molar-refractivity contribution >= 4 is 0 Å². The molecule has 2 aliphatic rings. The number of nitrogens with two attached hydrogens (primary N) is 1. The van der Waals surface area contributed by atoms with Crippen LogP contribution in [0.25, 0.3) is 0 Å². The van der Waals surface area contributed by atoms with E-state index in [4.69, 9.17) is 5.73 Å². The molecule has 0 aromatic rings. The summed E-state index contributed by atoms with van der Waals surface area (Å²) in [5.74, 6) is 0. The minimum Gasteiger partial charge on any atom is -0.390 e. The van der Waals surface area contributed by atoms with Crippen molar-refractivity contribution < 1.29 is 5.11 Å². The van der Waals surface area contributed by atoms with E-state index in [-0.39, 0.29) is 17.7 Å². The van der Waals surface area contributed by atoms with Crippen molar-refractivity contribution in [3.05, 3.63) is 0 Å². The van der Waals surface area contributed by atoms with E-state index in [1.165, 1.54) is 6.42 Å². The summed E-state index contributed by atoms with van der Waals surface area (Å²) in [6.45, 7) is 2.41. The first kappa shape index (κ1) is 9.40. The zero-order valence-corrected chi connectivity index (χ0v) is 7.92. The van der Waals surface area contributed by atoms with E-state index < -0.39 is 0 Å². The van der Waals surface area contributed by atoms with Gasteiger partial charge in [0.05, 0.1) is 6.10 Å². The van der Waals surface area contributed by atoms with Gasteiger partial charge >= 0.3 is 0 Å². The van der Waals surface area contributed by atoms with Crippen molar-refractivity contribution in [3.8, 4) is 0 Å². The van der Waals surface area contributed by atoms with Gasteiger partial charge in [-0.1, -0.05) is 0 Å². The van der Waals surface area contributed by atoms with Crippen LogP contribution >= 0.6 is 0 Å². The number of aliphatic hydroxyl groups is 1. The summed E-state index contributed by atoms with van der Waals surface area (Å²) < 4.78 is 0. The third-order valence-corrected chi connectivity index (χ3v) is 3.25. The number of rotatable bonds is 3. The molecule has 1 aliphatic heterocycles. The molecule has 0 radical (unpaired) electrons. The Morgan fingerprint density at radius 1 is 1.46 bits per heavy atom. The standard InChI is InChI=1S/C9H19N3O/c10-9(2-1-3-9)6-12-7-4-11-5-8(7)13/h7-8,11-13H,1-6,10H2/t7-,8-/m1/s1. The normalized spacial score (nSPS) is 37.4. The third kappa shape index (κ3) is 2.02. The largest absolute Gasteiger partial charge is 0.390 e. The van der Waals surface area contributed by atoms with Crippen molar-refractivity contribution in [1.82, 2.24) is 10.6 Å². The molecule has 4 heteroatoms. The average molecular weight is 185 g/mol. The molecule has 2 atom stereocenters. The van der Waals surface area contributed by atoms with Gasteiger partial charge in [0.25, 0.3) is 0 Å². The van der Waals surface area contributed by atoms with E-state index in [1.54, 1.807) is 0 Å². The van der Waals surface area contributed by atoms with Crippen LogP contribution < -0.4 is 16.4 Å². The van der Waals surface area contributed by atoms with Crippen LogP contribution in [-0.2, 0) is 0 Å². The maximum atomic E-state index is 9.51. The fraction of sp³-hybridized carbons (Fsp3) is 1.00. The van der Waals surface area contributed by atoms with Gasteiger partial charge in [0, 0.05) is 31.2 Å². The van der Waals surface area contributed by atoms with Crippen molar-refractivity contribution in [2.24, 2.45) is 5.73 Å². The average Bonchev–Trinajstić information content (AvgIpc) is 2.44. The summed E-state index contributed by atoms with van der Waals surface area (Å²) in [5, 5.41) is 16.0. The summed E-state index contributed by atoms with van der Waals surface area (Å²) in [4.78, 5) is 0. The number of hydrogen-bond acceptors (Lipinski definition) is 4. The molecule has 1 saturated heterocycles.